The highest BCUT2D eigenvalue weighted by atomic mass is 16.5. The van der Waals surface area contributed by atoms with E-state index in [9.17, 15) is 9.59 Å². The van der Waals surface area contributed by atoms with E-state index in [1.165, 1.54) is 0 Å². The molecule has 1 amide bonds. The average Bonchev–Trinajstić information content (AvgIpc) is 2.37. The van der Waals surface area contributed by atoms with Gasteiger partial charge < -0.3 is 10.1 Å². The topological polar surface area (TPSA) is 55.4 Å². The van der Waals surface area contributed by atoms with E-state index in [1.54, 1.807) is 19.1 Å². The molecular formula is C15H19NO3. The van der Waals surface area contributed by atoms with Crippen LogP contribution >= 0.6 is 0 Å². The molecule has 0 aromatic heterocycles. The molecule has 0 radical (unpaired) electrons. The van der Waals surface area contributed by atoms with Crippen LogP contribution in [0.25, 0.3) is 0 Å². The minimum atomic E-state index is -0.404. The molecule has 1 aliphatic carbocycles. The predicted molar refractivity (Wildman–Crippen MR) is 71.7 cm³/mol. The van der Waals surface area contributed by atoms with Crippen molar-refractivity contribution < 1.29 is 14.3 Å². The Hall–Kier alpha value is -1.84. The van der Waals surface area contributed by atoms with Crippen LogP contribution in [0.1, 0.15) is 43.0 Å². The maximum Gasteiger partial charge on any atom is 0.308 e. The van der Waals surface area contributed by atoms with E-state index < -0.39 is 5.54 Å². The van der Waals surface area contributed by atoms with Gasteiger partial charge in [0.25, 0.3) is 5.91 Å². The Labute approximate surface area is 113 Å². The standard InChI is InChI=1S/C15H19NO3/c1-2-19-13(17)11-15(9-6-10-15)16-14(18)12-7-4-3-5-8-12/h3-5,7-8H,2,6,9-11H2,1H3,(H,16,18). The Morgan fingerprint density at radius 2 is 1.95 bits per heavy atom. The van der Waals surface area contributed by atoms with E-state index in [0.29, 0.717) is 12.2 Å². The van der Waals surface area contributed by atoms with Crippen molar-refractivity contribution in [3.05, 3.63) is 35.9 Å². The van der Waals surface area contributed by atoms with E-state index >= 15 is 0 Å². The fourth-order valence-electron chi connectivity index (χ4n) is 2.34. The monoisotopic (exact) mass is 261 g/mol. The van der Waals surface area contributed by atoms with Crippen molar-refractivity contribution in [1.29, 1.82) is 0 Å². The van der Waals surface area contributed by atoms with Gasteiger partial charge in [-0.25, -0.2) is 0 Å². The Morgan fingerprint density at radius 1 is 1.26 bits per heavy atom. The van der Waals surface area contributed by atoms with Gasteiger partial charge in [-0.05, 0) is 38.3 Å². The van der Waals surface area contributed by atoms with Gasteiger partial charge in [-0.15, -0.1) is 0 Å². The maximum absolute atomic E-state index is 12.1. The highest BCUT2D eigenvalue weighted by molar-refractivity contribution is 5.95. The summed E-state index contributed by atoms with van der Waals surface area (Å²) in [5.41, 5.74) is 0.219. The van der Waals surface area contributed by atoms with Gasteiger partial charge in [0, 0.05) is 5.56 Å². The van der Waals surface area contributed by atoms with Crippen molar-refractivity contribution in [2.45, 2.75) is 38.1 Å². The number of benzene rings is 1. The van der Waals surface area contributed by atoms with E-state index in [-0.39, 0.29) is 18.3 Å². The fraction of sp³-hybridized carbons (Fsp3) is 0.467. The maximum atomic E-state index is 12.1. The summed E-state index contributed by atoms with van der Waals surface area (Å²) in [7, 11) is 0. The lowest BCUT2D eigenvalue weighted by Gasteiger charge is -2.41. The fourth-order valence-corrected chi connectivity index (χ4v) is 2.34. The molecule has 1 aliphatic rings. The number of esters is 1. The molecule has 0 bridgehead atoms. The third-order valence-electron chi connectivity index (χ3n) is 3.51. The van der Waals surface area contributed by atoms with Gasteiger partial charge in [0.1, 0.15) is 0 Å². The molecular weight excluding hydrogens is 242 g/mol. The van der Waals surface area contributed by atoms with Crippen molar-refractivity contribution in [2.24, 2.45) is 0 Å². The number of hydrogen-bond donors (Lipinski definition) is 1. The third-order valence-corrected chi connectivity index (χ3v) is 3.51. The molecule has 102 valence electrons. The second-order valence-corrected chi connectivity index (χ2v) is 4.94. The second kappa shape index (κ2) is 5.87. The van der Waals surface area contributed by atoms with Crippen molar-refractivity contribution in [3.8, 4) is 0 Å². The lowest BCUT2D eigenvalue weighted by Crippen LogP contribution is -2.54. The van der Waals surface area contributed by atoms with Crippen molar-refractivity contribution >= 4 is 11.9 Å². The Balaban J connectivity index is 1.99. The molecule has 0 heterocycles. The molecule has 0 unspecified atom stereocenters. The van der Waals surface area contributed by atoms with Crippen molar-refractivity contribution in [1.82, 2.24) is 5.32 Å². The van der Waals surface area contributed by atoms with Gasteiger partial charge in [-0.1, -0.05) is 18.2 Å². The quantitative estimate of drug-likeness (QED) is 0.827. The van der Waals surface area contributed by atoms with E-state index in [2.05, 4.69) is 5.32 Å². The van der Waals surface area contributed by atoms with Gasteiger partial charge in [0.05, 0.1) is 18.6 Å². The largest absolute Gasteiger partial charge is 0.466 e. The Bertz CT molecular complexity index is 452. The number of hydrogen-bond acceptors (Lipinski definition) is 3. The Morgan fingerprint density at radius 3 is 2.47 bits per heavy atom. The number of amides is 1. The molecule has 0 atom stereocenters. The summed E-state index contributed by atoms with van der Waals surface area (Å²) in [5, 5.41) is 3.00. The first-order valence-corrected chi connectivity index (χ1v) is 6.68. The highest BCUT2D eigenvalue weighted by Crippen LogP contribution is 2.35. The zero-order valence-corrected chi connectivity index (χ0v) is 11.1. The molecule has 4 nitrogen and oxygen atoms in total. The van der Waals surface area contributed by atoms with E-state index in [0.717, 1.165) is 19.3 Å². The molecule has 1 aromatic carbocycles. The van der Waals surface area contributed by atoms with Crippen LogP contribution in [0.4, 0.5) is 0 Å². The summed E-state index contributed by atoms with van der Waals surface area (Å²) in [6.45, 7) is 2.16. The summed E-state index contributed by atoms with van der Waals surface area (Å²) < 4.78 is 4.97. The lowest BCUT2D eigenvalue weighted by molar-refractivity contribution is -0.145. The van der Waals surface area contributed by atoms with Crippen LogP contribution in [-0.2, 0) is 9.53 Å². The first kappa shape index (κ1) is 13.6. The second-order valence-electron chi connectivity index (χ2n) is 4.94. The number of rotatable bonds is 5. The van der Waals surface area contributed by atoms with Crippen LogP contribution < -0.4 is 5.32 Å². The van der Waals surface area contributed by atoms with Crippen LogP contribution in [0.5, 0.6) is 0 Å². The number of nitrogens with one attached hydrogen (secondary N) is 1. The molecule has 1 fully saturated rings. The summed E-state index contributed by atoms with van der Waals surface area (Å²) in [4.78, 5) is 23.7. The first-order valence-electron chi connectivity index (χ1n) is 6.68. The van der Waals surface area contributed by atoms with Crippen molar-refractivity contribution in [2.75, 3.05) is 6.61 Å². The summed E-state index contributed by atoms with van der Waals surface area (Å²) >= 11 is 0. The normalized spacial score (nSPS) is 16.3. The number of ether oxygens (including phenoxy) is 1. The lowest BCUT2D eigenvalue weighted by atomic mass is 9.74. The summed E-state index contributed by atoms with van der Waals surface area (Å²) in [5.74, 6) is -0.361. The molecule has 1 N–H and O–H groups in total. The van der Waals surface area contributed by atoms with Gasteiger partial charge in [-0.2, -0.15) is 0 Å². The van der Waals surface area contributed by atoms with Gasteiger partial charge in [0.2, 0.25) is 0 Å². The molecule has 0 spiro atoms. The number of carbonyl (C=O) groups excluding carboxylic acids is 2. The van der Waals surface area contributed by atoms with E-state index in [4.69, 9.17) is 4.74 Å². The third kappa shape index (κ3) is 3.34. The molecule has 2 rings (SSSR count). The summed E-state index contributed by atoms with van der Waals surface area (Å²) in [6, 6.07) is 9.06. The molecule has 1 aromatic rings. The minimum absolute atomic E-state index is 0.121. The summed E-state index contributed by atoms with van der Waals surface area (Å²) in [6.07, 6.45) is 2.97. The number of carbonyl (C=O) groups is 2. The molecule has 0 aliphatic heterocycles. The first-order chi connectivity index (χ1) is 9.15. The SMILES string of the molecule is CCOC(=O)CC1(NC(=O)c2ccccc2)CCC1. The van der Waals surface area contributed by atoms with Crippen LogP contribution in [0, 0.1) is 0 Å². The van der Waals surface area contributed by atoms with Crippen LogP contribution in [-0.4, -0.2) is 24.0 Å². The van der Waals surface area contributed by atoms with Crippen LogP contribution in [0.15, 0.2) is 30.3 Å². The molecule has 19 heavy (non-hydrogen) atoms. The zero-order chi connectivity index (χ0) is 13.7. The van der Waals surface area contributed by atoms with Gasteiger partial charge >= 0.3 is 5.97 Å². The van der Waals surface area contributed by atoms with Gasteiger partial charge in [0.15, 0.2) is 0 Å². The van der Waals surface area contributed by atoms with Crippen LogP contribution in [0.2, 0.25) is 0 Å². The smallest absolute Gasteiger partial charge is 0.308 e. The van der Waals surface area contributed by atoms with Crippen LogP contribution in [0.3, 0.4) is 0 Å². The zero-order valence-electron chi connectivity index (χ0n) is 11.1. The highest BCUT2D eigenvalue weighted by Gasteiger charge is 2.40. The average molecular weight is 261 g/mol. The van der Waals surface area contributed by atoms with Gasteiger partial charge in [-0.3, -0.25) is 9.59 Å². The van der Waals surface area contributed by atoms with E-state index in [1.807, 2.05) is 18.2 Å². The predicted octanol–water partition coefficient (Wildman–Crippen LogP) is 2.29. The molecule has 4 heteroatoms. The molecule has 1 saturated carbocycles. The Kier molecular flexibility index (Phi) is 4.20. The van der Waals surface area contributed by atoms with Crippen molar-refractivity contribution in [3.63, 3.8) is 0 Å². The molecule has 0 saturated heterocycles. The minimum Gasteiger partial charge on any atom is -0.466 e.